The van der Waals surface area contributed by atoms with Crippen LogP contribution in [0.3, 0.4) is 0 Å². The number of fused-ring (bicyclic) bond motifs is 6. The van der Waals surface area contributed by atoms with Gasteiger partial charge in [0.25, 0.3) is 0 Å². The van der Waals surface area contributed by atoms with E-state index < -0.39 is 5.60 Å². The molecule has 5 aromatic rings. The maximum absolute atomic E-state index is 13.4. The molecule has 0 radical (unpaired) electrons. The summed E-state index contributed by atoms with van der Waals surface area (Å²) in [4.78, 5) is 13.4. The third kappa shape index (κ3) is 3.58. The standard InChI is InChI=1S/C34H26N2O3/c1-21-11-6-9-16-27(21)36-28-17-10-18-30-32(28)34(25-15-8-7-14-24(25)33(37)39-34)26-20-29(22(2)19-31(26)38-30)35-23-12-4-3-5-13-23/h3-20,35-36H,1-2H3. The van der Waals surface area contributed by atoms with Gasteiger partial charge in [0.1, 0.15) is 11.5 Å². The molecule has 0 aromatic heterocycles. The number of para-hydroxylation sites is 2. The first kappa shape index (κ1) is 23.1. The van der Waals surface area contributed by atoms with E-state index >= 15 is 0 Å². The molecule has 190 valence electrons. The van der Waals surface area contributed by atoms with Gasteiger partial charge in [0.15, 0.2) is 5.60 Å². The molecule has 2 aliphatic rings. The maximum atomic E-state index is 13.4. The van der Waals surface area contributed by atoms with Crippen LogP contribution in [-0.4, -0.2) is 5.97 Å². The quantitative estimate of drug-likeness (QED) is 0.238. The van der Waals surface area contributed by atoms with E-state index in [2.05, 4.69) is 29.7 Å². The Morgan fingerprint density at radius 3 is 2.21 bits per heavy atom. The lowest BCUT2D eigenvalue weighted by atomic mass is 9.76. The Labute approximate surface area is 227 Å². The van der Waals surface area contributed by atoms with Crippen LogP contribution in [0.25, 0.3) is 0 Å². The average Bonchev–Trinajstić information content (AvgIpc) is 3.24. The van der Waals surface area contributed by atoms with E-state index in [1.165, 1.54) is 0 Å². The van der Waals surface area contributed by atoms with Crippen LogP contribution < -0.4 is 15.4 Å². The van der Waals surface area contributed by atoms with Crippen LogP contribution in [0.4, 0.5) is 22.7 Å². The number of aryl methyl sites for hydroxylation is 2. The minimum absolute atomic E-state index is 0.353. The zero-order valence-corrected chi connectivity index (χ0v) is 21.6. The molecule has 1 atom stereocenters. The molecule has 5 aromatic carbocycles. The van der Waals surface area contributed by atoms with E-state index in [9.17, 15) is 4.79 Å². The van der Waals surface area contributed by atoms with E-state index in [0.29, 0.717) is 17.1 Å². The summed E-state index contributed by atoms with van der Waals surface area (Å²) < 4.78 is 13.0. The smallest absolute Gasteiger partial charge is 0.340 e. The summed E-state index contributed by atoms with van der Waals surface area (Å²) >= 11 is 0. The third-order valence-electron chi connectivity index (χ3n) is 7.54. The van der Waals surface area contributed by atoms with Gasteiger partial charge in [-0.15, -0.1) is 0 Å². The molecule has 2 N–H and O–H groups in total. The van der Waals surface area contributed by atoms with Crippen molar-refractivity contribution in [3.05, 3.63) is 143 Å². The second-order valence-electron chi connectivity index (χ2n) is 9.99. The molecule has 0 bridgehead atoms. The molecule has 7 rings (SSSR count). The Balaban J connectivity index is 1.49. The molecule has 0 fully saturated rings. The zero-order chi connectivity index (χ0) is 26.6. The van der Waals surface area contributed by atoms with Crippen molar-refractivity contribution in [1.82, 2.24) is 0 Å². The summed E-state index contributed by atoms with van der Waals surface area (Å²) in [5.74, 6) is 0.957. The first-order valence-electron chi connectivity index (χ1n) is 13.0. The highest BCUT2D eigenvalue weighted by Crippen LogP contribution is 2.59. The van der Waals surface area contributed by atoms with Gasteiger partial charge in [-0.05, 0) is 73.5 Å². The largest absolute Gasteiger partial charge is 0.456 e. The van der Waals surface area contributed by atoms with E-state index in [0.717, 1.165) is 50.6 Å². The molecule has 0 amide bonds. The summed E-state index contributed by atoms with van der Waals surface area (Å²) in [7, 11) is 0. The van der Waals surface area contributed by atoms with E-state index in [4.69, 9.17) is 9.47 Å². The lowest BCUT2D eigenvalue weighted by Crippen LogP contribution is -2.34. The lowest BCUT2D eigenvalue weighted by Gasteiger charge is -2.38. The number of benzene rings is 5. The van der Waals surface area contributed by atoms with Crippen LogP contribution in [0.1, 0.15) is 38.2 Å². The number of hydrogen-bond donors (Lipinski definition) is 2. The van der Waals surface area contributed by atoms with Crippen molar-refractivity contribution in [3.63, 3.8) is 0 Å². The summed E-state index contributed by atoms with van der Waals surface area (Å²) in [6.45, 7) is 4.11. The molecule has 5 nitrogen and oxygen atoms in total. The number of rotatable bonds is 4. The normalized spacial score (nSPS) is 16.5. The van der Waals surface area contributed by atoms with Crippen molar-refractivity contribution in [2.24, 2.45) is 0 Å². The summed E-state index contributed by atoms with van der Waals surface area (Å²) in [5, 5.41) is 7.14. The molecular formula is C34H26N2O3. The van der Waals surface area contributed by atoms with Gasteiger partial charge in [0.2, 0.25) is 0 Å². The van der Waals surface area contributed by atoms with Crippen molar-refractivity contribution in [2.75, 3.05) is 10.6 Å². The molecule has 2 heterocycles. The van der Waals surface area contributed by atoms with Gasteiger partial charge in [-0.2, -0.15) is 0 Å². The van der Waals surface area contributed by atoms with Crippen molar-refractivity contribution >= 4 is 28.7 Å². The fourth-order valence-corrected chi connectivity index (χ4v) is 5.65. The van der Waals surface area contributed by atoms with Crippen LogP contribution in [0.15, 0.2) is 109 Å². The predicted molar refractivity (Wildman–Crippen MR) is 154 cm³/mol. The number of hydrogen-bond acceptors (Lipinski definition) is 5. The van der Waals surface area contributed by atoms with E-state index in [1.54, 1.807) is 0 Å². The van der Waals surface area contributed by atoms with Crippen molar-refractivity contribution < 1.29 is 14.3 Å². The van der Waals surface area contributed by atoms with Gasteiger partial charge >= 0.3 is 5.97 Å². The second-order valence-corrected chi connectivity index (χ2v) is 9.99. The predicted octanol–water partition coefficient (Wildman–Crippen LogP) is 8.36. The molecule has 5 heteroatoms. The lowest BCUT2D eigenvalue weighted by molar-refractivity contribution is 0.0227. The fourth-order valence-electron chi connectivity index (χ4n) is 5.65. The van der Waals surface area contributed by atoms with Crippen LogP contribution in [-0.2, 0) is 10.3 Å². The zero-order valence-electron chi connectivity index (χ0n) is 21.6. The number of esters is 1. The summed E-state index contributed by atoms with van der Waals surface area (Å²) in [5.41, 5.74) is 7.50. The van der Waals surface area contributed by atoms with Crippen LogP contribution in [0.2, 0.25) is 0 Å². The molecule has 0 saturated heterocycles. The molecular weight excluding hydrogens is 484 g/mol. The molecule has 1 spiro atoms. The monoisotopic (exact) mass is 510 g/mol. The topological polar surface area (TPSA) is 59.6 Å². The van der Waals surface area contributed by atoms with Gasteiger partial charge in [-0.1, -0.05) is 60.7 Å². The van der Waals surface area contributed by atoms with Gasteiger partial charge in [0, 0.05) is 28.2 Å². The average molecular weight is 511 g/mol. The molecule has 0 aliphatic carbocycles. The van der Waals surface area contributed by atoms with Crippen molar-refractivity contribution in [2.45, 2.75) is 19.4 Å². The number of ether oxygens (including phenoxy) is 2. The second kappa shape index (κ2) is 8.77. The van der Waals surface area contributed by atoms with E-state index in [-0.39, 0.29) is 5.97 Å². The first-order valence-corrected chi connectivity index (χ1v) is 13.0. The van der Waals surface area contributed by atoms with Crippen LogP contribution in [0.5, 0.6) is 11.5 Å². The van der Waals surface area contributed by atoms with Gasteiger partial charge in [0.05, 0.1) is 16.8 Å². The Kier molecular flexibility index (Phi) is 5.20. The van der Waals surface area contributed by atoms with Gasteiger partial charge in [-0.3, -0.25) is 0 Å². The summed E-state index contributed by atoms with van der Waals surface area (Å²) in [6.07, 6.45) is 0. The van der Waals surface area contributed by atoms with Crippen LogP contribution in [0, 0.1) is 13.8 Å². The third-order valence-corrected chi connectivity index (χ3v) is 7.54. The minimum Gasteiger partial charge on any atom is -0.456 e. The molecule has 39 heavy (non-hydrogen) atoms. The Morgan fingerprint density at radius 2 is 1.36 bits per heavy atom. The number of nitrogens with one attached hydrogen (secondary N) is 2. The molecule has 1 unspecified atom stereocenters. The van der Waals surface area contributed by atoms with Gasteiger partial charge < -0.3 is 20.1 Å². The number of carbonyl (C=O) groups excluding carboxylic acids is 1. The van der Waals surface area contributed by atoms with E-state index in [1.807, 2.05) is 104 Å². The minimum atomic E-state index is -1.19. The first-order chi connectivity index (χ1) is 19.0. The van der Waals surface area contributed by atoms with Gasteiger partial charge in [-0.25, -0.2) is 4.79 Å². The highest BCUT2D eigenvalue weighted by atomic mass is 16.6. The number of carbonyl (C=O) groups is 1. The highest BCUT2D eigenvalue weighted by Gasteiger charge is 2.55. The highest BCUT2D eigenvalue weighted by molar-refractivity contribution is 5.98. The van der Waals surface area contributed by atoms with Crippen molar-refractivity contribution in [1.29, 1.82) is 0 Å². The Bertz CT molecular complexity index is 1760. The van der Waals surface area contributed by atoms with Crippen molar-refractivity contribution in [3.8, 4) is 11.5 Å². The number of anilines is 4. The molecule has 2 aliphatic heterocycles. The Hall–Kier alpha value is -5.03. The summed E-state index contributed by atoms with van der Waals surface area (Å²) in [6, 6.07) is 35.7. The Morgan fingerprint density at radius 1 is 0.615 bits per heavy atom. The SMILES string of the molecule is Cc1cc2c(cc1Nc1ccccc1)C1(OC(=O)c3ccccc31)c1c(Nc3ccccc3C)cccc1O2. The van der Waals surface area contributed by atoms with Crippen LogP contribution >= 0.6 is 0 Å². The maximum Gasteiger partial charge on any atom is 0.340 e. The molecule has 0 saturated carbocycles. The fraction of sp³-hybridized carbons (Fsp3) is 0.0882.